The molecule has 0 aliphatic heterocycles. The average Bonchev–Trinajstić information content (AvgIpc) is 2.29. The largest absolute Gasteiger partial charge is 0.462 e. The van der Waals surface area contributed by atoms with Gasteiger partial charge in [-0.3, -0.25) is 5.26 Å². The molecule has 0 aliphatic carbocycles. The molecule has 0 fully saturated rings. The smallest absolute Gasteiger partial charge is 0.338 e. The lowest BCUT2D eigenvalue weighted by molar-refractivity contribution is -0.275. The second-order valence-electron chi connectivity index (χ2n) is 3.21. The van der Waals surface area contributed by atoms with Crippen LogP contribution >= 0.6 is 0 Å². The van der Waals surface area contributed by atoms with Crippen molar-refractivity contribution in [2.24, 2.45) is 0 Å². The van der Waals surface area contributed by atoms with Gasteiger partial charge >= 0.3 is 5.97 Å². The van der Waals surface area contributed by atoms with E-state index in [1.165, 1.54) is 0 Å². The molecule has 0 amide bonds. The van der Waals surface area contributed by atoms with Gasteiger partial charge in [0.15, 0.2) is 0 Å². The van der Waals surface area contributed by atoms with Gasteiger partial charge in [0.2, 0.25) is 0 Å². The van der Waals surface area contributed by atoms with Gasteiger partial charge in [-0.25, -0.2) is 9.68 Å². The number of carbonyl (C=O) groups excluding carboxylic acids is 1. The van der Waals surface area contributed by atoms with Gasteiger partial charge in [0.05, 0.1) is 18.3 Å². The van der Waals surface area contributed by atoms with E-state index in [9.17, 15) is 4.79 Å². The summed E-state index contributed by atoms with van der Waals surface area (Å²) in [5.74, 6) is -0.360. The van der Waals surface area contributed by atoms with Crippen LogP contribution in [0.4, 0.5) is 0 Å². The second kappa shape index (κ2) is 6.16. The quantitative estimate of drug-likeness (QED) is 0.459. The highest BCUT2D eigenvalue weighted by atomic mass is 17.1. The Labute approximate surface area is 88.4 Å². The van der Waals surface area contributed by atoms with Crippen molar-refractivity contribution in [1.29, 1.82) is 0 Å². The average molecular weight is 210 g/mol. The number of carbonyl (C=O) groups is 1. The first-order valence-electron chi connectivity index (χ1n) is 4.76. The molecule has 0 aliphatic rings. The molecule has 0 saturated carbocycles. The molecule has 1 N–H and O–H groups in total. The van der Waals surface area contributed by atoms with E-state index in [1.807, 2.05) is 6.07 Å². The Morgan fingerprint density at radius 1 is 1.40 bits per heavy atom. The standard InChI is InChI=1S/C11H14O4/c1-9(15-13)7-8-14-11(12)10-5-3-2-4-6-10/h2-6,9,13H,7-8H2,1H3. The van der Waals surface area contributed by atoms with Gasteiger partial charge in [-0.15, -0.1) is 0 Å². The van der Waals surface area contributed by atoms with Gasteiger partial charge in [-0.2, -0.15) is 0 Å². The third kappa shape index (κ3) is 4.10. The third-order valence-corrected chi connectivity index (χ3v) is 1.95. The minimum absolute atomic E-state index is 0.232. The van der Waals surface area contributed by atoms with E-state index in [0.29, 0.717) is 12.0 Å². The summed E-state index contributed by atoms with van der Waals surface area (Å²) < 4.78 is 4.97. The van der Waals surface area contributed by atoms with Crippen LogP contribution in [0.15, 0.2) is 30.3 Å². The Bertz CT molecular complexity index is 297. The second-order valence-corrected chi connectivity index (χ2v) is 3.21. The summed E-state index contributed by atoms with van der Waals surface area (Å²) >= 11 is 0. The number of benzene rings is 1. The molecule has 0 spiro atoms. The highest BCUT2D eigenvalue weighted by Crippen LogP contribution is 2.02. The minimum Gasteiger partial charge on any atom is -0.462 e. The van der Waals surface area contributed by atoms with E-state index in [2.05, 4.69) is 4.89 Å². The van der Waals surface area contributed by atoms with E-state index in [1.54, 1.807) is 31.2 Å². The van der Waals surface area contributed by atoms with Crippen molar-refractivity contribution in [3.63, 3.8) is 0 Å². The first-order valence-corrected chi connectivity index (χ1v) is 4.76. The summed E-state index contributed by atoms with van der Waals surface area (Å²) in [4.78, 5) is 15.4. The predicted octanol–water partition coefficient (Wildman–Crippen LogP) is 2.11. The summed E-state index contributed by atoms with van der Waals surface area (Å²) in [6.07, 6.45) is 0.142. The lowest BCUT2D eigenvalue weighted by Gasteiger charge is -2.07. The molecule has 0 radical (unpaired) electrons. The van der Waals surface area contributed by atoms with Crippen molar-refractivity contribution in [2.45, 2.75) is 19.4 Å². The van der Waals surface area contributed by atoms with Crippen LogP contribution in [-0.4, -0.2) is 23.9 Å². The molecule has 15 heavy (non-hydrogen) atoms. The van der Waals surface area contributed by atoms with Crippen molar-refractivity contribution < 1.29 is 19.7 Å². The Morgan fingerprint density at radius 2 is 2.07 bits per heavy atom. The summed E-state index contributed by atoms with van der Waals surface area (Å²) in [6.45, 7) is 1.92. The summed E-state index contributed by atoms with van der Waals surface area (Å²) in [6, 6.07) is 8.76. The zero-order valence-electron chi connectivity index (χ0n) is 8.55. The van der Waals surface area contributed by atoms with Gasteiger partial charge in [0.25, 0.3) is 0 Å². The number of esters is 1. The molecule has 1 rings (SSSR count). The number of ether oxygens (including phenoxy) is 1. The van der Waals surface area contributed by atoms with Crippen molar-refractivity contribution in [1.82, 2.24) is 0 Å². The SMILES string of the molecule is CC(CCOC(=O)c1ccccc1)OO. The molecule has 0 heterocycles. The number of rotatable bonds is 5. The van der Waals surface area contributed by atoms with Crippen LogP contribution in [0.3, 0.4) is 0 Å². The molecule has 1 aromatic carbocycles. The van der Waals surface area contributed by atoms with Gasteiger partial charge in [-0.1, -0.05) is 18.2 Å². The minimum atomic E-state index is -0.360. The van der Waals surface area contributed by atoms with E-state index in [-0.39, 0.29) is 18.7 Å². The van der Waals surface area contributed by atoms with Gasteiger partial charge in [0.1, 0.15) is 0 Å². The molecule has 0 bridgehead atoms. The normalized spacial score (nSPS) is 12.1. The Morgan fingerprint density at radius 3 is 2.67 bits per heavy atom. The van der Waals surface area contributed by atoms with Crippen molar-refractivity contribution in [3.8, 4) is 0 Å². The summed E-state index contributed by atoms with van der Waals surface area (Å²) in [5.41, 5.74) is 0.523. The van der Waals surface area contributed by atoms with Crippen LogP contribution in [-0.2, 0) is 9.62 Å². The molecule has 1 unspecified atom stereocenters. The Balaban J connectivity index is 2.31. The molecule has 82 valence electrons. The molecule has 0 saturated heterocycles. The molecular weight excluding hydrogens is 196 g/mol. The molecule has 4 nitrogen and oxygen atoms in total. The Kier molecular flexibility index (Phi) is 4.80. The molecule has 1 aromatic rings. The van der Waals surface area contributed by atoms with Crippen LogP contribution in [0, 0.1) is 0 Å². The maximum Gasteiger partial charge on any atom is 0.338 e. The van der Waals surface area contributed by atoms with Gasteiger partial charge < -0.3 is 4.74 Å². The van der Waals surface area contributed by atoms with Crippen molar-refractivity contribution >= 4 is 5.97 Å². The first kappa shape index (κ1) is 11.7. The first-order chi connectivity index (χ1) is 7.24. The zero-order chi connectivity index (χ0) is 11.1. The highest BCUT2D eigenvalue weighted by molar-refractivity contribution is 5.89. The van der Waals surface area contributed by atoms with Crippen LogP contribution in [0.25, 0.3) is 0 Å². The zero-order valence-corrected chi connectivity index (χ0v) is 8.55. The fourth-order valence-electron chi connectivity index (χ4n) is 1.03. The van der Waals surface area contributed by atoms with E-state index >= 15 is 0 Å². The molecule has 1 atom stereocenters. The third-order valence-electron chi connectivity index (χ3n) is 1.95. The topological polar surface area (TPSA) is 55.8 Å². The Hall–Kier alpha value is -1.39. The van der Waals surface area contributed by atoms with Crippen LogP contribution < -0.4 is 0 Å². The summed E-state index contributed by atoms with van der Waals surface area (Å²) in [7, 11) is 0. The maximum absolute atomic E-state index is 11.4. The highest BCUT2D eigenvalue weighted by Gasteiger charge is 2.07. The van der Waals surface area contributed by atoms with Crippen LogP contribution in [0.1, 0.15) is 23.7 Å². The lowest BCUT2D eigenvalue weighted by Crippen LogP contribution is -2.12. The number of hydrogen-bond acceptors (Lipinski definition) is 4. The summed E-state index contributed by atoms with van der Waals surface area (Å²) in [5, 5.41) is 8.28. The fraction of sp³-hybridized carbons (Fsp3) is 0.364. The van der Waals surface area contributed by atoms with Crippen molar-refractivity contribution in [3.05, 3.63) is 35.9 Å². The van der Waals surface area contributed by atoms with Gasteiger partial charge in [0, 0.05) is 6.42 Å². The monoisotopic (exact) mass is 210 g/mol. The lowest BCUT2D eigenvalue weighted by atomic mass is 10.2. The van der Waals surface area contributed by atoms with Crippen molar-refractivity contribution in [2.75, 3.05) is 6.61 Å². The van der Waals surface area contributed by atoms with E-state index in [0.717, 1.165) is 0 Å². The van der Waals surface area contributed by atoms with E-state index in [4.69, 9.17) is 9.99 Å². The maximum atomic E-state index is 11.4. The fourth-order valence-corrected chi connectivity index (χ4v) is 1.03. The van der Waals surface area contributed by atoms with Crippen LogP contribution in [0.2, 0.25) is 0 Å². The van der Waals surface area contributed by atoms with Crippen LogP contribution in [0.5, 0.6) is 0 Å². The molecular formula is C11H14O4. The number of hydrogen-bond donors (Lipinski definition) is 1. The van der Waals surface area contributed by atoms with E-state index < -0.39 is 0 Å². The predicted molar refractivity (Wildman–Crippen MR) is 54.5 cm³/mol. The molecule has 0 aromatic heterocycles. The molecule has 4 heteroatoms. The van der Waals surface area contributed by atoms with Gasteiger partial charge in [-0.05, 0) is 19.1 Å².